The van der Waals surface area contributed by atoms with Gasteiger partial charge >= 0.3 is 5.97 Å². The molecular weight excluding hydrogens is 364 g/mol. The van der Waals surface area contributed by atoms with Crippen molar-refractivity contribution < 1.29 is 18.3 Å². The van der Waals surface area contributed by atoms with Crippen LogP contribution in [0.4, 0.5) is 5.95 Å². The van der Waals surface area contributed by atoms with Gasteiger partial charge in [0, 0.05) is 4.47 Å². The summed E-state index contributed by atoms with van der Waals surface area (Å²) in [5.41, 5.74) is 0.316. The molecule has 0 fully saturated rings. The molecule has 1 aromatic carbocycles. The highest BCUT2D eigenvalue weighted by Gasteiger charge is 2.21. The molecule has 8 nitrogen and oxygen atoms in total. The van der Waals surface area contributed by atoms with Crippen molar-refractivity contribution in [3.63, 3.8) is 0 Å². The van der Waals surface area contributed by atoms with Gasteiger partial charge in [-0.05, 0) is 24.6 Å². The number of carboxylic acid groups (broad SMARTS) is 1. The van der Waals surface area contributed by atoms with E-state index < -0.39 is 16.0 Å². The third-order valence-corrected chi connectivity index (χ3v) is 4.70. The average Bonchev–Trinajstić information content (AvgIpc) is 2.41. The van der Waals surface area contributed by atoms with Gasteiger partial charge in [-0.3, -0.25) is 0 Å². The molecule has 1 aromatic heterocycles. The Morgan fingerprint density at radius 2 is 2.05 bits per heavy atom. The van der Waals surface area contributed by atoms with Crippen molar-refractivity contribution in [2.45, 2.75) is 11.8 Å². The van der Waals surface area contributed by atoms with Crippen LogP contribution in [0, 0.1) is 6.92 Å². The van der Waals surface area contributed by atoms with E-state index in [1.165, 1.54) is 18.5 Å². The molecule has 0 saturated heterocycles. The van der Waals surface area contributed by atoms with Crippen molar-refractivity contribution in [1.29, 1.82) is 0 Å². The van der Waals surface area contributed by atoms with Crippen LogP contribution >= 0.6 is 15.9 Å². The summed E-state index contributed by atoms with van der Waals surface area (Å²) in [6.07, 6.45) is 2.57. The Bertz CT molecular complexity index is 795. The van der Waals surface area contributed by atoms with Gasteiger partial charge in [0.2, 0.25) is 0 Å². The van der Waals surface area contributed by atoms with Crippen LogP contribution in [0.1, 0.15) is 15.9 Å². The lowest BCUT2D eigenvalue weighted by atomic mass is 10.1. The van der Waals surface area contributed by atoms with Crippen molar-refractivity contribution in [3.05, 3.63) is 40.1 Å². The van der Waals surface area contributed by atoms with Gasteiger partial charge < -0.3 is 5.11 Å². The average molecular weight is 373 g/mol. The number of carboxylic acids is 1. The van der Waals surface area contributed by atoms with E-state index >= 15 is 0 Å². The zero-order chi connectivity index (χ0) is 15.6. The monoisotopic (exact) mass is 372 g/mol. The van der Waals surface area contributed by atoms with Crippen LogP contribution in [-0.2, 0) is 10.0 Å². The first-order chi connectivity index (χ1) is 9.81. The molecule has 0 aliphatic heterocycles. The molecule has 0 bridgehead atoms. The summed E-state index contributed by atoms with van der Waals surface area (Å²) in [5, 5.41) is 16.1. The summed E-state index contributed by atoms with van der Waals surface area (Å²) in [6.45, 7) is 1.57. The van der Waals surface area contributed by atoms with E-state index in [1.54, 1.807) is 6.92 Å². The number of hydrogen-bond acceptors (Lipinski definition) is 6. The van der Waals surface area contributed by atoms with E-state index in [-0.39, 0.29) is 16.4 Å². The van der Waals surface area contributed by atoms with E-state index in [0.29, 0.717) is 10.0 Å². The first kappa shape index (κ1) is 15.3. The SMILES string of the molecule is Cc1c(Br)cc(S(=O)(=O)Nc2nccnn2)cc1C(=O)O. The van der Waals surface area contributed by atoms with E-state index in [2.05, 4.69) is 35.8 Å². The summed E-state index contributed by atoms with van der Waals surface area (Å²) >= 11 is 3.14. The van der Waals surface area contributed by atoms with Crippen molar-refractivity contribution >= 4 is 37.9 Å². The van der Waals surface area contributed by atoms with Crippen molar-refractivity contribution in [2.24, 2.45) is 0 Å². The summed E-state index contributed by atoms with van der Waals surface area (Å²) in [4.78, 5) is 14.6. The number of benzene rings is 1. The summed E-state index contributed by atoms with van der Waals surface area (Å²) < 4.78 is 26.9. The molecule has 110 valence electrons. The van der Waals surface area contributed by atoms with Crippen molar-refractivity contribution in [2.75, 3.05) is 4.72 Å². The smallest absolute Gasteiger partial charge is 0.336 e. The molecule has 2 rings (SSSR count). The van der Waals surface area contributed by atoms with E-state index in [9.17, 15) is 13.2 Å². The van der Waals surface area contributed by atoms with Gasteiger partial charge in [0.05, 0.1) is 22.9 Å². The fourth-order valence-electron chi connectivity index (χ4n) is 1.50. The summed E-state index contributed by atoms with van der Waals surface area (Å²) in [6, 6.07) is 2.38. The molecule has 0 aliphatic rings. The molecule has 2 N–H and O–H groups in total. The van der Waals surface area contributed by atoms with Crippen LogP contribution in [0.5, 0.6) is 0 Å². The molecule has 0 saturated carbocycles. The van der Waals surface area contributed by atoms with Gasteiger partial charge in [-0.25, -0.2) is 22.9 Å². The minimum Gasteiger partial charge on any atom is -0.478 e. The standard InChI is InChI=1S/C11H9BrN4O4S/c1-6-8(10(17)18)4-7(5-9(6)12)21(19,20)16-11-13-2-3-14-15-11/h2-5H,1H3,(H,17,18)(H,13,15,16). The third-order valence-electron chi connectivity index (χ3n) is 2.57. The number of nitrogens with zero attached hydrogens (tertiary/aromatic N) is 3. The fourth-order valence-corrected chi connectivity index (χ4v) is 3.11. The molecule has 0 amide bonds. The molecule has 1 heterocycles. The number of hydrogen-bond donors (Lipinski definition) is 2. The Morgan fingerprint density at radius 3 is 2.62 bits per heavy atom. The van der Waals surface area contributed by atoms with Crippen LogP contribution in [0.25, 0.3) is 0 Å². The molecular formula is C11H9BrN4O4S. The number of aromatic carboxylic acids is 1. The zero-order valence-corrected chi connectivity index (χ0v) is 13.0. The molecule has 0 unspecified atom stereocenters. The predicted molar refractivity (Wildman–Crippen MR) is 76.5 cm³/mol. The molecule has 0 spiro atoms. The highest BCUT2D eigenvalue weighted by molar-refractivity contribution is 9.10. The second-order valence-corrected chi connectivity index (χ2v) is 6.49. The van der Waals surface area contributed by atoms with Crippen LogP contribution in [-0.4, -0.2) is 34.7 Å². The van der Waals surface area contributed by atoms with Gasteiger partial charge in [0.15, 0.2) is 0 Å². The minimum atomic E-state index is -4.02. The number of sulfonamides is 1. The number of halogens is 1. The van der Waals surface area contributed by atoms with Gasteiger partial charge in [0.25, 0.3) is 16.0 Å². The molecule has 21 heavy (non-hydrogen) atoms. The van der Waals surface area contributed by atoms with Crippen molar-refractivity contribution in [1.82, 2.24) is 15.2 Å². The Balaban J connectivity index is 2.48. The quantitative estimate of drug-likeness (QED) is 0.832. The zero-order valence-electron chi connectivity index (χ0n) is 10.6. The normalized spacial score (nSPS) is 11.1. The highest BCUT2D eigenvalue weighted by atomic mass is 79.9. The van der Waals surface area contributed by atoms with Crippen LogP contribution in [0.3, 0.4) is 0 Å². The molecule has 10 heteroatoms. The first-order valence-electron chi connectivity index (χ1n) is 5.51. The predicted octanol–water partition coefficient (Wildman–Crippen LogP) is 1.44. The highest BCUT2D eigenvalue weighted by Crippen LogP contribution is 2.25. The van der Waals surface area contributed by atoms with E-state index in [4.69, 9.17) is 5.11 Å². The largest absolute Gasteiger partial charge is 0.478 e. The second-order valence-electron chi connectivity index (χ2n) is 3.95. The minimum absolute atomic E-state index is 0.114. The maximum absolute atomic E-state index is 12.2. The lowest BCUT2D eigenvalue weighted by Crippen LogP contribution is -2.16. The van der Waals surface area contributed by atoms with E-state index in [0.717, 1.165) is 6.07 Å². The summed E-state index contributed by atoms with van der Waals surface area (Å²) in [5.74, 6) is -1.42. The maximum Gasteiger partial charge on any atom is 0.336 e. The number of rotatable bonds is 4. The first-order valence-corrected chi connectivity index (χ1v) is 7.79. The Morgan fingerprint density at radius 1 is 1.33 bits per heavy atom. The van der Waals surface area contributed by atoms with E-state index in [1.807, 2.05) is 0 Å². The van der Waals surface area contributed by atoms with Crippen LogP contribution < -0.4 is 4.72 Å². The molecule has 2 aromatic rings. The van der Waals surface area contributed by atoms with Gasteiger partial charge in [-0.15, -0.1) is 5.10 Å². The summed E-state index contributed by atoms with van der Waals surface area (Å²) in [7, 11) is -4.02. The number of nitrogens with one attached hydrogen (secondary N) is 1. The Labute approximate surface area is 128 Å². The Kier molecular flexibility index (Phi) is 4.19. The molecule has 0 aliphatic carbocycles. The van der Waals surface area contributed by atoms with Gasteiger partial charge in [0.1, 0.15) is 0 Å². The van der Waals surface area contributed by atoms with Crippen molar-refractivity contribution in [3.8, 4) is 0 Å². The maximum atomic E-state index is 12.2. The lowest BCUT2D eigenvalue weighted by molar-refractivity contribution is 0.0695. The fraction of sp³-hybridized carbons (Fsp3) is 0.0909. The van der Waals surface area contributed by atoms with Crippen LogP contribution in [0.15, 0.2) is 33.9 Å². The third kappa shape index (κ3) is 3.34. The topological polar surface area (TPSA) is 122 Å². The lowest BCUT2D eigenvalue weighted by Gasteiger charge is -2.09. The number of carbonyl (C=O) groups is 1. The number of anilines is 1. The van der Waals surface area contributed by atoms with Gasteiger partial charge in [-0.2, -0.15) is 5.10 Å². The second kappa shape index (κ2) is 5.74. The van der Waals surface area contributed by atoms with Crippen LogP contribution in [0.2, 0.25) is 0 Å². The number of aromatic nitrogens is 3. The Hall–Kier alpha value is -2.07. The van der Waals surface area contributed by atoms with Gasteiger partial charge in [-0.1, -0.05) is 15.9 Å². The molecule has 0 atom stereocenters. The molecule has 0 radical (unpaired) electrons.